The molecule has 0 bridgehead atoms. The lowest BCUT2D eigenvalue weighted by Gasteiger charge is -2.33. The highest BCUT2D eigenvalue weighted by molar-refractivity contribution is 7.91. The van der Waals surface area contributed by atoms with E-state index >= 15 is 0 Å². The molecule has 1 aliphatic heterocycles. The van der Waals surface area contributed by atoms with E-state index in [4.69, 9.17) is 11.6 Å². The van der Waals surface area contributed by atoms with E-state index in [1.165, 1.54) is 0 Å². The van der Waals surface area contributed by atoms with Crippen LogP contribution in [0.1, 0.15) is 18.4 Å². The van der Waals surface area contributed by atoms with E-state index in [2.05, 4.69) is 0 Å². The van der Waals surface area contributed by atoms with Gasteiger partial charge in [-0.2, -0.15) is 0 Å². The first-order valence-electron chi connectivity index (χ1n) is 6.01. The summed E-state index contributed by atoms with van der Waals surface area (Å²) in [7, 11) is -3.07. The predicted octanol–water partition coefficient (Wildman–Crippen LogP) is 2.16. The maximum Gasteiger partial charge on any atom is 0.310 e. The zero-order valence-electron chi connectivity index (χ0n) is 10.3. The minimum Gasteiger partial charge on any atom is -0.481 e. The fraction of sp³-hybridized carbons (Fsp3) is 0.462. The van der Waals surface area contributed by atoms with Gasteiger partial charge in [0.1, 0.15) is 9.84 Å². The summed E-state index contributed by atoms with van der Waals surface area (Å²) in [5.74, 6) is -1.02. The zero-order valence-corrected chi connectivity index (χ0v) is 11.9. The van der Waals surface area contributed by atoms with Crippen LogP contribution in [-0.2, 0) is 21.1 Å². The molecule has 0 saturated carbocycles. The molecule has 1 N–H and O–H groups in total. The average molecular weight is 303 g/mol. The molecule has 0 atom stereocenters. The third kappa shape index (κ3) is 3.28. The molecule has 0 unspecified atom stereocenters. The standard InChI is InChI=1S/C13H15ClO4S/c14-11-3-1-10(2-4-11)9-13(12(15)16)5-7-19(17,18)8-6-13/h1-4H,5-9H2,(H,15,16). The Balaban J connectivity index is 2.22. The Morgan fingerprint density at radius 3 is 2.21 bits per heavy atom. The van der Waals surface area contributed by atoms with Crippen molar-refractivity contribution in [2.75, 3.05) is 11.5 Å². The largest absolute Gasteiger partial charge is 0.481 e. The van der Waals surface area contributed by atoms with Crippen LogP contribution in [0.15, 0.2) is 24.3 Å². The van der Waals surface area contributed by atoms with Crippen LogP contribution in [0.3, 0.4) is 0 Å². The summed E-state index contributed by atoms with van der Waals surface area (Å²) in [6, 6.07) is 7.00. The summed E-state index contributed by atoms with van der Waals surface area (Å²) in [5, 5.41) is 10.1. The maximum atomic E-state index is 11.5. The Bertz CT molecular complexity index is 563. The van der Waals surface area contributed by atoms with Crippen LogP contribution in [0.2, 0.25) is 5.02 Å². The summed E-state index contributed by atoms with van der Waals surface area (Å²) < 4.78 is 22.9. The molecule has 2 rings (SSSR count). The summed E-state index contributed by atoms with van der Waals surface area (Å²) in [5.41, 5.74) is -0.106. The smallest absolute Gasteiger partial charge is 0.310 e. The van der Waals surface area contributed by atoms with Gasteiger partial charge in [-0.1, -0.05) is 23.7 Å². The maximum absolute atomic E-state index is 11.5. The molecule has 6 heteroatoms. The fourth-order valence-corrected chi connectivity index (χ4v) is 4.12. The number of benzene rings is 1. The lowest BCUT2D eigenvalue weighted by Crippen LogP contribution is -2.41. The first-order valence-corrected chi connectivity index (χ1v) is 8.21. The van der Waals surface area contributed by atoms with Crippen molar-refractivity contribution in [2.45, 2.75) is 19.3 Å². The van der Waals surface area contributed by atoms with Crippen LogP contribution in [0.25, 0.3) is 0 Å². The molecule has 1 aromatic carbocycles. The van der Waals surface area contributed by atoms with Crippen molar-refractivity contribution in [3.63, 3.8) is 0 Å². The van der Waals surface area contributed by atoms with Gasteiger partial charge >= 0.3 is 5.97 Å². The van der Waals surface area contributed by atoms with Gasteiger partial charge in [0.05, 0.1) is 16.9 Å². The van der Waals surface area contributed by atoms with Crippen molar-refractivity contribution in [3.05, 3.63) is 34.9 Å². The summed E-state index contributed by atoms with van der Waals surface area (Å²) in [6.07, 6.45) is 0.690. The Morgan fingerprint density at radius 2 is 1.74 bits per heavy atom. The number of aliphatic carboxylic acids is 1. The monoisotopic (exact) mass is 302 g/mol. The molecule has 1 fully saturated rings. The number of carboxylic acid groups (broad SMARTS) is 1. The van der Waals surface area contributed by atoms with Gasteiger partial charge in [0.15, 0.2) is 0 Å². The second-order valence-corrected chi connectivity index (χ2v) is 7.78. The van der Waals surface area contributed by atoms with Gasteiger partial charge in [-0.25, -0.2) is 8.42 Å². The van der Waals surface area contributed by atoms with E-state index in [-0.39, 0.29) is 24.3 Å². The van der Waals surface area contributed by atoms with Crippen LogP contribution in [0.5, 0.6) is 0 Å². The van der Waals surface area contributed by atoms with Gasteiger partial charge in [0.2, 0.25) is 0 Å². The molecule has 0 radical (unpaired) electrons. The van der Waals surface area contributed by atoms with Crippen LogP contribution in [-0.4, -0.2) is 31.0 Å². The number of halogens is 1. The van der Waals surface area contributed by atoms with Crippen molar-refractivity contribution in [2.24, 2.45) is 5.41 Å². The molecule has 1 saturated heterocycles. The molecule has 4 nitrogen and oxygen atoms in total. The van der Waals surface area contributed by atoms with Gasteiger partial charge in [-0.05, 0) is 37.0 Å². The van der Waals surface area contributed by atoms with Gasteiger partial charge in [-0.3, -0.25) is 4.79 Å². The highest BCUT2D eigenvalue weighted by Gasteiger charge is 2.43. The lowest BCUT2D eigenvalue weighted by molar-refractivity contribution is -0.149. The van der Waals surface area contributed by atoms with E-state index in [0.717, 1.165) is 5.56 Å². The van der Waals surface area contributed by atoms with Crippen LogP contribution in [0.4, 0.5) is 0 Å². The molecule has 0 aromatic heterocycles. The minimum absolute atomic E-state index is 0.0487. The van der Waals surface area contributed by atoms with Gasteiger partial charge in [0.25, 0.3) is 0 Å². The third-order valence-electron chi connectivity index (χ3n) is 3.69. The average Bonchev–Trinajstić information content (AvgIpc) is 2.35. The Hall–Kier alpha value is -1.07. The van der Waals surface area contributed by atoms with Crippen molar-refractivity contribution >= 4 is 27.4 Å². The second kappa shape index (κ2) is 5.13. The lowest BCUT2D eigenvalue weighted by atomic mass is 9.76. The van der Waals surface area contributed by atoms with Crippen molar-refractivity contribution in [1.82, 2.24) is 0 Å². The Kier molecular flexibility index (Phi) is 3.87. The molecule has 0 aliphatic carbocycles. The summed E-state index contributed by atoms with van der Waals surface area (Å²) >= 11 is 5.79. The molecule has 1 aliphatic rings. The van der Waals surface area contributed by atoms with Crippen molar-refractivity contribution in [3.8, 4) is 0 Å². The topological polar surface area (TPSA) is 71.4 Å². The first kappa shape index (κ1) is 14.3. The molecule has 104 valence electrons. The number of rotatable bonds is 3. The molecule has 0 amide bonds. The molecule has 1 aromatic rings. The number of sulfone groups is 1. The minimum atomic E-state index is -3.07. The van der Waals surface area contributed by atoms with Gasteiger partial charge < -0.3 is 5.11 Å². The molecule has 19 heavy (non-hydrogen) atoms. The van der Waals surface area contributed by atoms with E-state index in [0.29, 0.717) is 11.4 Å². The molecule has 1 heterocycles. The van der Waals surface area contributed by atoms with E-state index in [1.807, 2.05) is 0 Å². The quantitative estimate of drug-likeness (QED) is 0.929. The number of carbonyl (C=O) groups is 1. The second-order valence-electron chi connectivity index (χ2n) is 5.04. The van der Waals surface area contributed by atoms with Gasteiger partial charge in [0, 0.05) is 5.02 Å². The molecular formula is C13H15ClO4S. The zero-order chi connectivity index (χ0) is 14.1. The van der Waals surface area contributed by atoms with Gasteiger partial charge in [-0.15, -0.1) is 0 Å². The first-order chi connectivity index (χ1) is 8.83. The third-order valence-corrected chi connectivity index (χ3v) is 5.60. The van der Waals surface area contributed by atoms with Crippen molar-refractivity contribution in [1.29, 1.82) is 0 Å². The van der Waals surface area contributed by atoms with E-state index in [1.54, 1.807) is 24.3 Å². The fourth-order valence-electron chi connectivity index (χ4n) is 2.39. The predicted molar refractivity (Wildman–Crippen MR) is 73.1 cm³/mol. The Labute approximate surface area is 117 Å². The van der Waals surface area contributed by atoms with Crippen LogP contribution in [0, 0.1) is 5.41 Å². The highest BCUT2D eigenvalue weighted by atomic mass is 35.5. The molecule has 0 spiro atoms. The summed E-state index contributed by atoms with van der Waals surface area (Å²) in [6.45, 7) is 0. The molecular weight excluding hydrogens is 288 g/mol. The van der Waals surface area contributed by atoms with Crippen LogP contribution < -0.4 is 0 Å². The van der Waals surface area contributed by atoms with Crippen LogP contribution >= 0.6 is 11.6 Å². The SMILES string of the molecule is O=C(O)C1(Cc2ccc(Cl)cc2)CCS(=O)(=O)CC1. The summed E-state index contributed by atoms with van der Waals surface area (Å²) in [4.78, 5) is 11.5. The number of carboxylic acids is 1. The number of hydrogen-bond acceptors (Lipinski definition) is 3. The van der Waals surface area contributed by atoms with Crippen molar-refractivity contribution < 1.29 is 18.3 Å². The normalized spacial score (nSPS) is 20.9. The van der Waals surface area contributed by atoms with E-state index < -0.39 is 21.2 Å². The number of hydrogen-bond donors (Lipinski definition) is 1. The highest BCUT2D eigenvalue weighted by Crippen LogP contribution is 2.36. The Morgan fingerprint density at radius 1 is 1.21 bits per heavy atom. The van der Waals surface area contributed by atoms with E-state index in [9.17, 15) is 18.3 Å².